The van der Waals surface area contributed by atoms with E-state index < -0.39 is 10.2 Å². The van der Waals surface area contributed by atoms with Crippen LogP contribution in [0.5, 0.6) is 0 Å². The van der Waals surface area contributed by atoms with Gasteiger partial charge in [0.25, 0.3) is 10.2 Å². The van der Waals surface area contributed by atoms with E-state index in [4.69, 9.17) is 5.73 Å². The van der Waals surface area contributed by atoms with Crippen LogP contribution in [0.1, 0.15) is 0 Å². The Balaban J connectivity index is 2.74. The maximum Gasteiger partial charge on any atom is 0.299 e. The van der Waals surface area contributed by atoms with E-state index in [2.05, 4.69) is 25.4 Å². The molecule has 0 heterocycles. The summed E-state index contributed by atoms with van der Waals surface area (Å²) < 4.78 is 28.2. The molecule has 7 heteroatoms. The van der Waals surface area contributed by atoms with Gasteiger partial charge in [-0.3, -0.25) is 4.72 Å². The summed E-state index contributed by atoms with van der Waals surface area (Å²) in [5, 5.41) is 0. The first-order valence-electron chi connectivity index (χ1n) is 4.27. The molecular formula is C8H12BrN3O2S. The van der Waals surface area contributed by atoms with Crippen LogP contribution in [-0.2, 0) is 10.2 Å². The average molecular weight is 294 g/mol. The molecule has 0 aliphatic heterocycles. The van der Waals surface area contributed by atoms with Gasteiger partial charge < -0.3 is 5.73 Å². The Morgan fingerprint density at radius 1 is 1.33 bits per heavy atom. The predicted molar refractivity (Wildman–Crippen MR) is 63.7 cm³/mol. The molecule has 0 atom stereocenters. The SMILES string of the molecule is NCCNS(=O)(=O)Nc1ccccc1Br. The minimum absolute atomic E-state index is 0.208. The van der Waals surface area contributed by atoms with Crippen LogP contribution in [0.2, 0.25) is 0 Å². The molecule has 15 heavy (non-hydrogen) atoms. The fraction of sp³-hybridized carbons (Fsp3) is 0.250. The van der Waals surface area contributed by atoms with Gasteiger partial charge >= 0.3 is 0 Å². The summed E-state index contributed by atoms with van der Waals surface area (Å²) in [5.41, 5.74) is 5.68. The fourth-order valence-electron chi connectivity index (χ4n) is 0.918. The average Bonchev–Trinajstić information content (AvgIpc) is 2.18. The van der Waals surface area contributed by atoms with Gasteiger partial charge in [0.1, 0.15) is 0 Å². The number of para-hydroxylation sites is 1. The second-order valence-corrected chi connectivity index (χ2v) is 5.12. The topological polar surface area (TPSA) is 84.2 Å². The van der Waals surface area contributed by atoms with Crippen LogP contribution in [0.3, 0.4) is 0 Å². The number of anilines is 1. The summed E-state index contributed by atoms with van der Waals surface area (Å²) in [5.74, 6) is 0. The molecule has 0 aliphatic rings. The lowest BCUT2D eigenvalue weighted by molar-refractivity contribution is 0.587. The molecule has 0 fully saturated rings. The van der Waals surface area contributed by atoms with E-state index in [9.17, 15) is 8.42 Å². The highest BCUT2D eigenvalue weighted by Crippen LogP contribution is 2.21. The molecule has 0 saturated heterocycles. The first kappa shape index (κ1) is 12.4. The summed E-state index contributed by atoms with van der Waals surface area (Å²) in [6.45, 7) is 0.469. The van der Waals surface area contributed by atoms with Crippen LogP contribution in [0.15, 0.2) is 28.7 Å². The third kappa shape index (κ3) is 4.17. The van der Waals surface area contributed by atoms with Crippen molar-refractivity contribution in [3.8, 4) is 0 Å². The lowest BCUT2D eigenvalue weighted by Crippen LogP contribution is -2.34. The van der Waals surface area contributed by atoms with E-state index >= 15 is 0 Å². The Kier molecular flexibility index (Phi) is 4.52. The van der Waals surface area contributed by atoms with Crippen molar-refractivity contribution in [2.45, 2.75) is 0 Å². The lowest BCUT2D eigenvalue weighted by Gasteiger charge is -2.09. The van der Waals surface area contributed by atoms with Crippen LogP contribution in [0.25, 0.3) is 0 Å². The van der Waals surface area contributed by atoms with Crippen molar-refractivity contribution in [3.05, 3.63) is 28.7 Å². The molecule has 0 aromatic heterocycles. The zero-order chi connectivity index (χ0) is 11.3. The van der Waals surface area contributed by atoms with Crippen molar-refractivity contribution in [1.29, 1.82) is 0 Å². The Hall–Kier alpha value is -0.630. The quantitative estimate of drug-likeness (QED) is 0.745. The number of hydrogen-bond acceptors (Lipinski definition) is 3. The number of hydrogen-bond donors (Lipinski definition) is 3. The lowest BCUT2D eigenvalue weighted by atomic mass is 10.3. The zero-order valence-corrected chi connectivity index (χ0v) is 10.3. The highest BCUT2D eigenvalue weighted by molar-refractivity contribution is 9.10. The van der Waals surface area contributed by atoms with E-state index in [1.54, 1.807) is 24.3 Å². The summed E-state index contributed by atoms with van der Waals surface area (Å²) in [4.78, 5) is 0. The van der Waals surface area contributed by atoms with Gasteiger partial charge in [0, 0.05) is 17.6 Å². The van der Waals surface area contributed by atoms with Crippen LogP contribution in [0.4, 0.5) is 5.69 Å². The molecule has 0 radical (unpaired) electrons. The minimum Gasteiger partial charge on any atom is -0.329 e. The first-order valence-corrected chi connectivity index (χ1v) is 6.55. The first-order chi connectivity index (χ1) is 7.05. The normalized spacial score (nSPS) is 11.3. The number of rotatable bonds is 5. The van der Waals surface area contributed by atoms with Gasteiger partial charge in [-0.2, -0.15) is 13.1 Å². The molecule has 5 nitrogen and oxygen atoms in total. The monoisotopic (exact) mass is 293 g/mol. The Bertz CT molecular complexity index is 422. The highest BCUT2D eigenvalue weighted by atomic mass is 79.9. The summed E-state index contributed by atoms with van der Waals surface area (Å²) in [6, 6.07) is 6.95. The van der Waals surface area contributed by atoms with Crippen molar-refractivity contribution in [1.82, 2.24) is 4.72 Å². The van der Waals surface area contributed by atoms with Crippen molar-refractivity contribution < 1.29 is 8.42 Å². The smallest absolute Gasteiger partial charge is 0.299 e. The molecule has 1 aromatic rings. The molecule has 0 spiro atoms. The van der Waals surface area contributed by atoms with Gasteiger partial charge in [-0.15, -0.1) is 0 Å². The molecule has 0 saturated carbocycles. The second-order valence-electron chi connectivity index (χ2n) is 2.77. The van der Waals surface area contributed by atoms with Crippen molar-refractivity contribution in [2.24, 2.45) is 5.73 Å². The molecule has 1 rings (SSSR count). The number of halogens is 1. The molecular weight excluding hydrogens is 282 g/mol. The van der Waals surface area contributed by atoms with Crippen LogP contribution < -0.4 is 15.2 Å². The van der Waals surface area contributed by atoms with Crippen molar-refractivity contribution in [2.75, 3.05) is 17.8 Å². The third-order valence-corrected chi connectivity index (χ3v) is 3.32. The summed E-state index contributed by atoms with van der Waals surface area (Å²) in [7, 11) is -3.53. The van der Waals surface area contributed by atoms with Crippen molar-refractivity contribution >= 4 is 31.8 Å². The van der Waals surface area contributed by atoms with Gasteiger partial charge in [0.15, 0.2) is 0 Å². The van der Waals surface area contributed by atoms with Crippen LogP contribution in [-0.4, -0.2) is 21.5 Å². The summed E-state index contributed by atoms with van der Waals surface area (Å²) >= 11 is 3.24. The molecule has 4 N–H and O–H groups in total. The maximum atomic E-state index is 11.4. The largest absolute Gasteiger partial charge is 0.329 e. The van der Waals surface area contributed by atoms with E-state index in [0.29, 0.717) is 10.2 Å². The number of benzene rings is 1. The maximum absolute atomic E-state index is 11.4. The van der Waals surface area contributed by atoms with Gasteiger partial charge in [-0.05, 0) is 28.1 Å². The predicted octanol–water partition coefficient (Wildman–Crippen LogP) is 0.654. The number of nitrogens with one attached hydrogen (secondary N) is 2. The van der Waals surface area contributed by atoms with Gasteiger partial charge in [-0.1, -0.05) is 12.1 Å². The molecule has 1 aromatic carbocycles. The van der Waals surface area contributed by atoms with E-state index in [1.807, 2.05) is 0 Å². The van der Waals surface area contributed by atoms with Gasteiger partial charge in [-0.25, -0.2) is 0 Å². The fourth-order valence-corrected chi connectivity index (χ4v) is 2.36. The Morgan fingerprint density at radius 3 is 2.60 bits per heavy atom. The van der Waals surface area contributed by atoms with Gasteiger partial charge in [0.05, 0.1) is 5.69 Å². The Morgan fingerprint density at radius 2 is 2.00 bits per heavy atom. The standard InChI is InChI=1S/C8H12BrN3O2S/c9-7-3-1-2-4-8(7)12-15(13,14)11-6-5-10/h1-4,11-12H,5-6,10H2. The van der Waals surface area contributed by atoms with Crippen molar-refractivity contribution in [3.63, 3.8) is 0 Å². The minimum atomic E-state index is -3.53. The van der Waals surface area contributed by atoms with E-state index in [1.165, 1.54) is 0 Å². The zero-order valence-electron chi connectivity index (χ0n) is 7.90. The molecule has 84 valence electrons. The highest BCUT2D eigenvalue weighted by Gasteiger charge is 2.09. The molecule has 0 unspecified atom stereocenters. The third-order valence-electron chi connectivity index (χ3n) is 1.55. The Labute approximate surface area is 97.4 Å². The molecule has 0 amide bonds. The number of nitrogens with two attached hydrogens (primary N) is 1. The summed E-state index contributed by atoms with van der Waals surface area (Å²) in [6.07, 6.45) is 0. The van der Waals surface area contributed by atoms with Gasteiger partial charge in [0.2, 0.25) is 0 Å². The van der Waals surface area contributed by atoms with E-state index in [0.717, 1.165) is 0 Å². The van der Waals surface area contributed by atoms with E-state index in [-0.39, 0.29) is 13.1 Å². The van der Waals surface area contributed by atoms with Crippen LogP contribution in [0, 0.1) is 0 Å². The second kappa shape index (κ2) is 5.45. The molecule has 0 aliphatic carbocycles. The molecule has 0 bridgehead atoms. The van der Waals surface area contributed by atoms with Crippen LogP contribution >= 0.6 is 15.9 Å².